The van der Waals surface area contributed by atoms with Crippen LogP contribution in [0.1, 0.15) is 61.1 Å². The summed E-state index contributed by atoms with van der Waals surface area (Å²) >= 11 is 0. The second-order valence-corrected chi connectivity index (χ2v) is 10.3. The van der Waals surface area contributed by atoms with Gasteiger partial charge in [0.1, 0.15) is 11.9 Å². The van der Waals surface area contributed by atoms with Crippen molar-refractivity contribution in [2.75, 3.05) is 26.9 Å². The third-order valence-corrected chi connectivity index (χ3v) is 8.53. The van der Waals surface area contributed by atoms with E-state index in [0.29, 0.717) is 41.2 Å². The van der Waals surface area contributed by atoms with Crippen molar-refractivity contribution in [3.63, 3.8) is 0 Å². The Balaban J connectivity index is 1.36. The molecule has 3 unspecified atom stereocenters. The molecule has 0 N–H and O–H groups in total. The van der Waals surface area contributed by atoms with Gasteiger partial charge in [0.15, 0.2) is 17.7 Å². The number of methoxy groups -OCH3 is 1. The highest BCUT2D eigenvalue weighted by Gasteiger charge is 2.93. The van der Waals surface area contributed by atoms with Crippen LogP contribution in [0.3, 0.4) is 0 Å². The topological polar surface area (TPSA) is 102 Å². The number of fused-ring (bicyclic) bond motifs is 8. The summed E-state index contributed by atoms with van der Waals surface area (Å²) in [4.78, 5) is 27.5. The van der Waals surface area contributed by atoms with Crippen molar-refractivity contribution in [1.29, 1.82) is 0 Å². The van der Waals surface area contributed by atoms with Crippen LogP contribution < -0.4 is 4.74 Å². The average Bonchev–Trinajstić information content (AvgIpc) is 3.54. The van der Waals surface area contributed by atoms with Gasteiger partial charge in [0.2, 0.25) is 11.9 Å². The Kier molecular flexibility index (Phi) is 3.93. The van der Waals surface area contributed by atoms with E-state index in [-0.39, 0.29) is 23.7 Å². The predicted octanol–water partition coefficient (Wildman–Crippen LogP) is 2.51. The van der Waals surface area contributed by atoms with Crippen LogP contribution in [0.15, 0.2) is 24.3 Å². The van der Waals surface area contributed by atoms with E-state index in [2.05, 4.69) is 0 Å². The zero-order valence-electron chi connectivity index (χ0n) is 20.0. The zero-order valence-corrected chi connectivity index (χ0v) is 20.0. The quantitative estimate of drug-likeness (QED) is 0.500. The Morgan fingerprint density at radius 3 is 2.47 bits per heavy atom. The Bertz CT molecular complexity index is 1390. The molecule has 2 aromatic carbocycles. The molecule has 1 spiro atoms. The van der Waals surface area contributed by atoms with Gasteiger partial charge in [-0.25, -0.2) is 0 Å². The molecule has 5 atom stereocenters. The van der Waals surface area contributed by atoms with E-state index in [1.165, 1.54) is 7.11 Å². The lowest BCUT2D eigenvalue weighted by Crippen LogP contribution is -2.70. The SMILES string of the molecule is CO[C@@]12Oc3c4c(cc(C)c3C3OC(C5OCCCO5)(OC31)[C@]21CO1)C(=O)c1cccc(C)c1C4=O. The maximum absolute atomic E-state index is 13.9. The monoisotopic (exact) mass is 492 g/mol. The maximum Gasteiger partial charge on any atom is 0.277 e. The Morgan fingerprint density at radius 2 is 1.75 bits per heavy atom. The second kappa shape index (κ2) is 6.61. The summed E-state index contributed by atoms with van der Waals surface area (Å²) in [6, 6.07) is 7.06. The van der Waals surface area contributed by atoms with Gasteiger partial charge in [-0.1, -0.05) is 18.2 Å². The van der Waals surface area contributed by atoms with Gasteiger partial charge in [-0.15, -0.1) is 0 Å². The van der Waals surface area contributed by atoms with Crippen LogP contribution in [0, 0.1) is 13.8 Å². The minimum absolute atomic E-state index is 0.209. The molecule has 1 aliphatic carbocycles. The third kappa shape index (κ3) is 2.13. The molecule has 9 nitrogen and oxygen atoms in total. The molecule has 0 aromatic heterocycles. The molecule has 5 aliphatic heterocycles. The molecule has 0 amide bonds. The van der Waals surface area contributed by atoms with E-state index in [9.17, 15) is 9.59 Å². The lowest BCUT2D eigenvalue weighted by Gasteiger charge is -2.50. The van der Waals surface area contributed by atoms with E-state index < -0.39 is 35.7 Å². The number of rotatable bonds is 2. The van der Waals surface area contributed by atoms with Gasteiger partial charge in [-0.2, -0.15) is 0 Å². The highest BCUT2D eigenvalue weighted by molar-refractivity contribution is 6.30. The van der Waals surface area contributed by atoms with Crippen molar-refractivity contribution in [3.05, 3.63) is 63.2 Å². The number of carbonyl (C=O) groups is 2. The first kappa shape index (κ1) is 21.4. The number of ether oxygens (including phenoxy) is 7. The molecule has 186 valence electrons. The number of carbonyl (C=O) groups excluding carboxylic acids is 2. The van der Waals surface area contributed by atoms with Crippen LogP contribution in [-0.2, 0) is 28.4 Å². The van der Waals surface area contributed by atoms with E-state index in [1.807, 2.05) is 19.9 Å². The van der Waals surface area contributed by atoms with Crippen molar-refractivity contribution in [1.82, 2.24) is 0 Å². The van der Waals surface area contributed by atoms with Crippen LogP contribution in [0.5, 0.6) is 5.75 Å². The number of ketones is 2. The van der Waals surface area contributed by atoms with E-state index in [4.69, 9.17) is 33.2 Å². The summed E-state index contributed by atoms with van der Waals surface area (Å²) < 4.78 is 43.9. The fourth-order valence-electron chi connectivity index (χ4n) is 6.87. The smallest absolute Gasteiger partial charge is 0.277 e. The average molecular weight is 492 g/mol. The minimum atomic E-state index is -1.41. The van der Waals surface area contributed by atoms with Gasteiger partial charge in [0.25, 0.3) is 11.6 Å². The van der Waals surface area contributed by atoms with Crippen LogP contribution in [0.4, 0.5) is 0 Å². The highest BCUT2D eigenvalue weighted by Crippen LogP contribution is 2.71. The fraction of sp³-hybridized carbons (Fsp3) is 0.481. The molecular weight excluding hydrogens is 468 g/mol. The third-order valence-electron chi connectivity index (χ3n) is 8.53. The Labute approximate surface area is 206 Å². The number of aryl methyl sites for hydroxylation is 2. The molecule has 5 heterocycles. The molecule has 4 fully saturated rings. The molecular formula is C27H24O9. The van der Waals surface area contributed by atoms with Gasteiger partial charge in [0, 0.05) is 29.4 Å². The number of benzene rings is 2. The molecule has 6 aliphatic rings. The Morgan fingerprint density at radius 1 is 0.972 bits per heavy atom. The van der Waals surface area contributed by atoms with Gasteiger partial charge in [0.05, 0.1) is 25.4 Å². The summed E-state index contributed by atoms with van der Waals surface area (Å²) in [7, 11) is 1.53. The van der Waals surface area contributed by atoms with E-state index >= 15 is 0 Å². The molecule has 8 rings (SSSR count). The van der Waals surface area contributed by atoms with Crippen LogP contribution in [0.25, 0.3) is 0 Å². The minimum Gasteiger partial charge on any atom is -0.455 e. The number of epoxide rings is 1. The van der Waals surface area contributed by atoms with E-state index in [1.54, 1.807) is 18.2 Å². The van der Waals surface area contributed by atoms with Crippen molar-refractivity contribution in [3.8, 4) is 5.75 Å². The molecule has 2 aromatic rings. The van der Waals surface area contributed by atoms with Crippen molar-refractivity contribution >= 4 is 11.6 Å². The first-order valence-corrected chi connectivity index (χ1v) is 12.2. The van der Waals surface area contributed by atoms with Crippen LogP contribution >= 0.6 is 0 Å². The Hall–Kier alpha value is -2.66. The van der Waals surface area contributed by atoms with E-state index in [0.717, 1.165) is 17.5 Å². The summed E-state index contributed by atoms with van der Waals surface area (Å²) in [5, 5.41) is 0. The van der Waals surface area contributed by atoms with Crippen molar-refractivity contribution in [2.45, 2.75) is 55.9 Å². The number of hydrogen-bond donors (Lipinski definition) is 0. The molecule has 0 radical (unpaired) electrons. The zero-order chi connectivity index (χ0) is 24.6. The molecule has 2 bridgehead atoms. The normalized spacial score (nSPS) is 37.5. The van der Waals surface area contributed by atoms with Gasteiger partial charge in [-0.3, -0.25) is 9.59 Å². The van der Waals surface area contributed by atoms with Crippen molar-refractivity contribution < 1.29 is 42.7 Å². The summed E-state index contributed by atoms with van der Waals surface area (Å²) in [6.07, 6.45) is -1.38. The fourth-order valence-corrected chi connectivity index (χ4v) is 6.87. The summed E-state index contributed by atoms with van der Waals surface area (Å²) in [5.74, 6) is -2.97. The van der Waals surface area contributed by atoms with Crippen LogP contribution in [-0.4, -0.2) is 68.1 Å². The first-order chi connectivity index (χ1) is 17.4. The lowest BCUT2D eigenvalue weighted by atomic mass is 9.75. The van der Waals surface area contributed by atoms with Crippen LogP contribution in [0.2, 0.25) is 0 Å². The molecule has 4 saturated heterocycles. The number of hydrogen-bond acceptors (Lipinski definition) is 9. The second-order valence-electron chi connectivity index (χ2n) is 10.3. The molecule has 9 heteroatoms. The summed E-state index contributed by atoms with van der Waals surface area (Å²) in [6.45, 7) is 4.96. The predicted molar refractivity (Wildman–Crippen MR) is 120 cm³/mol. The maximum atomic E-state index is 13.9. The van der Waals surface area contributed by atoms with Crippen molar-refractivity contribution in [2.24, 2.45) is 0 Å². The first-order valence-electron chi connectivity index (χ1n) is 12.2. The highest BCUT2D eigenvalue weighted by atomic mass is 16.9. The van der Waals surface area contributed by atoms with Gasteiger partial charge >= 0.3 is 0 Å². The standard InChI is InChI=1S/C27H24O9/c1-12-6-4-7-14-16(12)20(29)18-15(19(14)28)10-13(2)17-21(18)34-26(30-3)23-22(17)35-27(36-23,25(26)11-33-25)24-31-8-5-9-32-24/h4,6-7,10,22-24H,5,8-9,11H2,1-3H3/t22?,23?,25-,26+,27?/m0/s1. The summed E-state index contributed by atoms with van der Waals surface area (Å²) in [5.41, 5.74) is 2.35. The largest absolute Gasteiger partial charge is 0.455 e. The van der Waals surface area contributed by atoms with Gasteiger partial charge in [-0.05, 0) is 37.5 Å². The molecule has 0 saturated carbocycles. The van der Waals surface area contributed by atoms with Gasteiger partial charge < -0.3 is 33.2 Å². The molecule has 36 heavy (non-hydrogen) atoms. The lowest BCUT2D eigenvalue weighted by molar-refractivity contribution is -0.365.